The van der Waals surface area contributed by atoms with Crippen molar-refractivity contribution >= 4 is 21.9 Å². The summed E-state index contributed by atoms with van der Waals surface area (Å²) in [6, 6.07) is 0. The highest BCUT2D eigenvalue weighted by atomic mass is 79.9. The molecule has 6 bridgehead atoms. The fraction of sp³-hybridized carbons (Fsp3) is 0.923. The molecule has 0 heterocycles. The van der Waals surface area contributed by atoms with Gasteiger partial charge in [0.1, 0.15) is 0 Å². The van der Waals surface area contributed by atoms with Crippen molar-refractivity contribution in [1.82, 2.24) is 0 Å². The average molecular weight is 301 g/mol. The Morgan fingerprint density at radius 2 is 2.24 bits per heavy atom. The van der Waals surface area contributed by atoms with E-state index < -0.39 is 0 Å². The van der Waals surface area contributed by atoms with Gasteiger partial charge in [0.25, 0.3) is 0 Å². The molecule has 0 aromatic rings. The third kappa shape index (κ3) is 1.02. The lowest BCUT2D eigenvalue weighted by atomic mass is 9.98. The van der Waals surface area contributed by atoms with Crippen molar-refractivity contribution in [2.45, 2.75) is 30.7 Å². The number of alkyl halides is 1. The molecule has 5 fully saturated rings. The van der Waals surface area contributed by atoms with Gasteiger partial charge in [0.05, 0.1) is 12.7 Å². The Kier molecular flexibility index (Phi) is 1.95. The molecule has 94 valence electrons. The van der Waals surface area contributed by atoms with Gasteiger partial charge in [0.15, 0.2) is 0 Å². The van der Waals surface area contributed by atoms with Gasteiger partial charge in [-0.15, -0.1) is 0 Å². The van der Waals surface area contributed by atoms with Gasteiger partial charge in [-0.3, -0.25) is 4.79 Å². The van der Waals surface area contributed by atoms with E-state index in [1.807, 2.05) is 0 Å². The summed E-state index contributed by atoms with van der Waals surface area (Å²) >= 11 is 3.87. The monoisotopic (exact) mass is 300 g/mol. The molecule has 5 aliphatic carbocycles. The standard InChI is InChI=1S/C13H17BrO3/c1-5(15)17-3-2-13-10-6-4-7(16)9(11(10)13)8(6)12(13)14/h6-12,16H,2-4H2,1H3/t6?,7-,8?,9?,10?,11?,12?,13?/m0/s1. The lowest BCUT2D eigenvalue weighted by molar-refractivity contribution is -0.141. The summed E-state index contributed by atoms with van der Waals surface area (Å²) < 4.78 is 5.11. The molecule has 3 nitrogen and oxygen atoms in total. The third-order valence-corrected chi connectivity index (χ3v) is 7.45. The summed E-state index contributed by atoms with van der Waals surface area (Å²) in [7, 11) is 0. The Morgan fingerprint density at radius 1 is 1.47 bits per heavy atom. The third-order valence-electron chi connectivity index (χ3n) is 5.98. The van der Waals surface area contributed by atoms with E-state index in [-0.39, 0.29) is 12.1 Å². The summed E-state index contributed by atoms with van der Waals surface area (Å²) in [5.74, 6) is 3.30. The van der Waals surface area contributed by atoms with E-state index in [1.165, 1.54) is 6.92 Å². The number of aliphatic hydroxyl groups is 1. The highest BCUT2D eigenvalue weighted by Gasteiger charge is 2.88. The first-order chi connectivity index (χ1) is 8.09. The molecule has 0 saturated heterocycles. The van der Waals surface area contributed by atoms with Gasteiger partial charge in [-0.1, -0.05) is 15.9 Å². The van der Waals surface area contributed by atoms with E-state index in [1.54, 1.807) is 0 Å². The van der Waals surface area contributed by atoms with Crippen molar-refractivity contribution in [2.24, 2.45) is 35.0 Å². The minimum Gasteiger partial charge on any atom is -0.466 e. The maximum Gasteiger partial charge on any atom is 0.302 e. The maximum atomic E-state index is 10.8. The molecule has 0 aromatic carbocycles. The number of halogens is 1. The van der Waals surface area contributed by atoms with Gasteiger partial charge in [0.2, 0.25) is 0 Å². The van der Waals surface area contributed by atoms with Crippen LogP contribution in [0.4, 0.5) is 0 Å². The Labute approximate surface area is 109 Å². The second kappa shape index (κ2) is 3.08. The van der Waals surface area contributed by atoms with Gasteiger partial charge in [-0.05, 0) is 47.8 Å². The molecule has 17 heavy (non-hydrogen) atoms. The molecule has 0 aliphatic heterocycles. The average Bonchev–Trinajstić information content (AvgIpc) is 2.51. The normalized spacial score (nSPS) is 60.8. The summed E-state index contributed by atoms with van der Waals surface area (Å²) in [6.07, 6.45) is 1.92. The van der Waals surface area contributed by atoms with Crippen LogP contribution in [0, 0.1) is 35.0 Å². The minimum absolute atomic E-state index is 0.0654. The topological polar surface area (TPSA) is 46.5 Å². The zero-order chi connectivity index (χ0) is 11.9. The van der Waals surface area contributed by atoms with E-state index in [0.29, 0.717) is 34.6 Å². The Balaban J connectivity index is 1.53. The Morgan fingerprint density at radius 3 is 2.82 bits per heavy atom. The fourth-order valence-corrected chi connectivity index (χ4v) is 7.35. The number of esters is 1. The van der Waals surface area contributed by atoms with E-state index in [9.17, 15) is 9.90 Å². The quantitative estimate of drug-likeness (QED) is 0.636. The van der Waals surface area contributed by atoms with Gasteiger partial charge in [-0.2, -0.15) is 0 Å². The minimum atomic E-state index is -0.182. The number of hydrogen-bond acceptors (Lipinski definition) is 3. The van der Waals surface area contributed by atoms with E-state index in [4.69, 9.17) is 4.74 Å². The van der Waals surface area contributed by atoms with Crippen molar-refractivity contribution in [3.8, 4) is 0 Å². The predicted octanol–water partition coefficient (Wildman–Crippen LogP) is 1.58. The first kappa shape index (κ1) is 10.8. The zero-order valence-electron chi connectivity index (χ0n) is 9.80. The molecular formula is C13H17BrO3. The van der Waals surface area contributed by atoms with Crippen molar-refractivity contribution in [3.05, 3.63) is 0 Å². The van der Waals surface area contributed by atoms with Crippen molar-refractivity contribution in [3.63, 3.8) is 0 Å². The van der Waals surface area contributed by atoms with Crippen LogP contribution in [0.2, 0.25) is 0 Å². The van der Waals surface area contributed by atoms with E-state index in [0.717, 1.165) is 24.7 Å². The summed E-state index contributed by atoms with van der Waals surface area (Å²) in [5.41, 5.74) is 0.354. The lowest BCUT2D eigenvalue weighted by Gasteiger charge is -2.17. The number of carbonyl (C=O) groups is 1. The molecule has 1 N–H and O–H groups in total. The summed E-state index contributed by atoms with van der Waals surface area (Å²) in [6.45, 7) is 2.02. The van der Waals surface area contributed by atoms with Crippen molar-refractivity contribution in [2.75, 3.05) is 6.61 Å². The molecule has 0 radical (unpaired) electrons. The SMILES string of the molecule is CC(=O)OCCC12C(Br)C3C4C[C@H](O)C3C1C42. The molecular weight excluding hydrogens is 284 g/mol. The van der Waals surface area contributed by atoms with Crippen LogP contribution in [0.15, 0.2) is 0 Å². The first-order valence-corrected chi connectivity index (χ1v) is 7.46. The number of ether oxygens (including phenoxy) is 1. The number of hydrogen-bond donors (Lipinski definition) is 1. The summed E-state index contributed by atoms with van der Waals surface area (Å²) in [4.78, 5) is 11.4. The molecule has 7 unspecified atom stereocenters. The molecule has 4 heteroatoms. The van der Waals surface area contributed by atoms with Crippen LogP contribution in [-0.4, -0.2) is 28.6 Å². The van der Waals surface area contributed by atoms with Crippen LogP contribution in [0.3, 0.4) is 0 Å². The first-order valence-electron chi connectivity index (χ1n) is 6.54. The highest BCUT2D eigenvalue weighted by molar-refractivity contribution is 9.09. The van der Waals surface area contributed by atoms with Crippen LogP contribution >= 0.6 is 15.9 Å². The molecule has 5 saturated carbocycles. The molecule has 0 spiro atoms. The molecule has 8 atom stereocenters. The fourth-order valence-electron chi connectivity index (χ4n) is 5.76. The molecule has 0 aromatic heterocycles. The van der Waals surface area contributed by atoms with E-state index >= 15 is 0 Å². The summed E-state index contributed by atoms with van der Waals surface area (Å²) in [5, 5.41) is 10.1. The van der Waals surface area contributed by atoms with Crippen LogP contribution in [0.5, 0.6) is 0 Å². The van der Waals surface area contributed by atoms with Gasteiger partial charge < -0.3 is 9.84 Å². The second-order valence-electron chi connectivity index (χ2n) is 6.28. The molecule has 5 rings (SSSR count). The number of aliphatic hydroxyl groups excluding tert-OH is 1. The second-order valence-corrected chi connectivity index (χ2v) is 7.26. The van der Waals surface area contributed by atoms with Gasteiger partial charge in [-0.25, -0.2) is 0 Å². The van der Waals surface area contributed by atoms with Gasteiger partial charge in [0, 0.05) is 11.8 Å². The van der Waals surface area contributed by atoms with Crippen LogP contribution < -0.4 is 0 Å². The largest absolute Gasteiger partial charge is 0.466 e. The van der Waals surface area contributed by atoms with Crippen molar-refractivity contribution in [1.29, 1.82) is 0 Å². The number of carbonyl (C=O) groups excluding carboxylic acids is 1. The van der Waals surface area contributed by atoms with Gasteiger partial charge >= 0.3 is 5.97 Å². The van der Waals surface area contributed by atoms with Crippen LogP contribution in [-0.2, 0) is 9.53 Å². The lowest BCUT2D eigenvalue weighted by Crippen LogP contribution is -2.20. The van der Waals surface area contributed by atoms with Crippen molar-refractivity contribution < 1.29 is 14.6 Å². The highest BCUT2D eigenvalue weighted by Crippen LogP contribution is 2.89. The molecule has 5 aliphatic rings. The predicted molar refractivity (Wildman–Crippen MR) is 64.5 cm³/mol. The molecule has 0 amide bonds. The Hall–Kier alpha value is -0.0900. The Bertz CT molecular complexity index is 394. The number of rotatable bonds is 3. The maximum absolute atomic E-state index is 10.8. The van der Waals surface area contributed by atoms with Crippen LogP contribution in [0.25, 0.3) is 0 Å². The smallest absolute Gasteiger partial charge is 0.302 e. The zero-order valence-corrected chi connectivity index (χ0v) is 11.4. The van der Waals surface area contributed by atoms with Crippen LogP contribution in [0.1, 0.15) is 19.8 Å². The van der Waals surface area contributed by atoms with E-state index in [2.05, 4.69) is 15.9 Å².